The Bertz CT molecular complexity index is 673. The zero-order valence-electron chi connectivity index (χ0n) is 8.84. The van der Waals surface area contributed by atoms with Crippen LogP contribution in [0.4, 0.5) is 0 Å². The van der Waals surface area contributed by atoms with E-state index in [0.717, 1.165) is 21.4 Å². The quantitative estimate of drug-likeness (QED) is 0.744. The average molecular weight is 289 g/mol. The summed E-state index contributed by atoms with van der Waals surface area (Å²) in [6.07, 6.45) is 1.75. The van der Waals surface area contributed by atoms with Crippen LogP contribution in [0.3, 0.4) is 0 Å². The molecule has 4 heteroatoms. The lowest BCUT2D eigenvalue weighted by Gasteiger charge is -2.03. The number of hydrogen-bond acceptors (Lipinski definition) is 2. The smallest absolute Gasteiger partial charge is 0.197 e. The summed E-state index contributed by atoms with van der Waals surface area (Å²) in [6.45, 7) is 0. The van der Waals surface area contributed by atoms with Gasteiger partial charge in [-0.1, -0.05) is 34.1 Å². The van der Waals surface area contributed by atoms with Crippen molar-refractivity contribution in [3.8, 4) is 17.3 Å². The summed E-state index contributed by atoms with van der Waals surface area (Å²) >= 11 is 3.40. The summed E-state index contributed by atoms with van der Waals surface area (Å²) in [5.74, 6) is 0.934. The van der Waals surface area contributed by atoms with Crippen LogP contribution < -0.4 is 0 Å². The minimum atomic E-state index is 0.193. The summed E-state index contributed by atoms with van der Waals surface area (Å²) in [6, 6.07) is 13.2. The molecular formula is C13H9BrN2O. The van der Waals surface area contributed by atoms with E-state index in [1.165, 1.54) is 0 Å². The first-order valence-corrected chi connectivity index (χ1v) is 5.96. The second kappa shape index (κ2) is 3.89. The number of pyridine rings is 1. The Morgan fingerprint density at radius 2 is 1.82 bits per heavy atom. The van der Waals surface area contributed by atoms with Crippen molar-refractivity contribution >= 4 is 21.4 Å². The standard InChI is InChI=1S/C13H9BrN2O/c14-10-6-4-9(5-7-10)13-15-8-11-2-1-3-12(17)16(11)13/h1-8,17H. The zero-order valence-corrected chi connectivity index (χ0v) is 10.4. The van der Waals surface area contributed by atoms with Gasteiger partial charge in [-0.3, -0.25) is 4.40 Å². The minimum absolute atomic E-state index is 0.193. The Morgan fingerprint density at radius 3 is 2.59 bits per heavy atom. The van der Waals surface area contributed by atoms with Gasteiger partial charge in [0.25, 0.3) is 0 Å². The number of rotatable bonds is 1. The van der Waals surface area contributed by atoms with Crippen LogP contribution in [0.25, 0.3) is 16.9 Å². The predicted molar refractivity (Wildman–Crippen MR) is 70.0 cm³/mol. The van der Waals surface area contributed by atoms with E-state index in [2.05, 4.69) is 20.9 Å². The molecule has 2 aromatic heterocycles. The molecule has 0 amide bonds. The van der Waals surface area contributed by atoms with E-state index < -0.39 is 0 Å². The molecule has 0 atom stereocenters. The highest BCUT2D eigenvalue weighted by Gasteiger charge is 2.08. The van der Waals surface area contributed by atoms with Crippen LogP contribution in [0.15, 0.2) is 53.1 Å². The molecule has 0 aliphatic carbocycles. The number of aromatic nitrogens is 2. The van der Waals surface area contributed by atoms with Crippen molar-refractivity contribution in [3.05, 3.63) is 53.1 Å². The lowest BCUT2D eigenvalue weighted by atomic mass is 10.2. The Hall–Kier alpha value is -1.81. The number of imidazole rings is 1. The van der Waals surface area contributed by atoms with Crippen LogP contribution in [0.5, 0.6) is 5.88 Å². The summed E-state index contributed by atoms with van der Waals surface area (Å²) in [5.41, 5.74) is 1.85. The van der Waals surface area contributed by atoms with Gasteiger partial charge in [-0.2, -0.15) is 0 Å². The number of fused-ring (bicyclic) bond motifs is 1. The Balaban J connectivity index is 2.27. The van der Waals surface area contributed by atoms with E-state index in [1.54, 1.807) is 22.7 Å². The second-order valence-corrected chi connectivity index (χ2v) is 4.65. The predicted octanol–water partition coefficient (Wildman–Crippen LogP) is 3.47. The Labute approximate surface area is 106 Å². The third-order valence-electron chi connectivity index (χ3n) is 2.63. The Morgan fingerprint density at radius 1 is 1.06 bits per heavy atom. The fraction of sp³-hybridized carbons (Fsp3) is 0. The molecule has 0 bridgehead atoms. The number of hydrogen-bond donors (Lipinski definition) is 1. The van der Waals surface area contributed by atoms with Crippen molar-refractivity contribution in [2.75, 3.05) is 0 Å². The first kappa shape index (κ1) is 10.4. The molecule has 3 nitrogen and oxygen atoms in total. The molecule has 0 aliphatic heterocycles. The van der Waals surface area contributed by atoms with Crippen LogP contribution >= 0.6 is 15.9 Å². The van der Waals surface area contributed by atoms with Crippen molar-refractivity contribution in [3.63, 3.8) is 0 Å². The van der Waals surface area contributed by atoms with E-state index in [1.807, 2.05) is 30.3 Å². The van der Waals surface area contributed by atoms with Crippen molar-refractivity contribution < 1.29 is 5.11 Å². The van der Waals surface area contributed by atoms with Gasteiger partial charge in [-0.05, 0) is 24.3 Å². The lowest BCUT2D eigenvalue weighted by Crippen LogP contribution is -1.89. The zero-order chi connectivity index (χ0) is 11.8. The van der Waals surface area contributed by atoms with Crippen molar-refractivity contribution in [1.29, 1.82) is 0 Å². The molecule has 0 fully saturated rings. The molecular weight excluding hydrogens is 280 g/mol. The molecule has 1 N–H and O–H groups in total. The number of aromatic hydroxyl groups is 1. The molecule has 0 aliphatic rings. The number of halogens is 1. The monoisotopic (exact) mass is 288 g/mol. The molecule has 84 valence electrons. The van der Waals surface area contributed by atoms with Crippen molar-refractivity contribution in [1.82, 2.24) is 9.38 Å². The SMILES string of the molecule is Oc1cccc2cnc(-c3ccc(Br)cc3)n12. The molecule has 0 unspecified atom stereocenters. The largest absolute Gasteiger partial charge is 0.494 e. The first-order valence-electron chi connectivity index (χ1n) is 5.17. The van der Waals surface area contributed by atoms with Crippen LogP contribution in [0.2, 0.25) is 0 Å². The van der Waals surface area contributed by atoms with E-state index in [9.17, 15) is 5.11 Å². The van der Waals surface area contributed by atoms with Crippen LogP contribution in [-0.4, -0.2) is 14.5 Å². The van der Waals surface area contributed by atoms with Gasteiger partial charge in [0, 0.05) is 10.0 Å². The molecule has 3 aromatic rings. The molecule has 0 saturated heterocycles. The average Bonchev–Trinajstić information content (AvgIpc) is 2.75. The third kappa shape index (κ3) is 1.70. The Kier molecular flexibility index (Phi) is 2.37. The van der Waals surface area contributed by atoms with E-state index in [-0.39, 0.29) is 5.88 Å². The van der Waals surface area contributed by atoms with Gasteiger partial charge in [0.15, 0.2) is 5.88 Å². The van der Waals surface area contributed by atoms with E-state index in [0.29, 0.717) is 0 Å². The molecule has 3 rings (SSSR count). The molecule has 0 saturated carbocycles. The molecule has 0 spiro atoms. The van der Waals surface area contributed by atoms with Gasteiger partial charge in [-0.25, -0.2) is 4.98 Å². The maximum Gasteiger partial charge on any atom is 0.197 e. The van der Waals surface area contributed by atoms with Gasteiger partial charge < -0.3 is 5.11 Å². The molecule has 0 radical (unpaired) electrons. The van der Waals surface area contributed by atoms with Crippen LogP contribution in [0.1, 0.15) is 0 Å². The highest BCUT2D eigenvalue weighted by atomic mass is 79.9. The van der Waals surface area contributed by atoms with E-state index in [4.69, 9.17) is 0 Å². The van der Waals surface area contributed by atoms with Crippen molar-refractivity contribution in [2.24, 2.45) is 0 Å². The van der Waals surface area contributed by atoms with Gasteiger partial charge >= 0.3 is 0 Å². The first-order chi connectivity index (χ1) is 8.25. The van der Waals surface area contributed by atoms with Crippen LogP contribution in [0, 0.1) is 0 Å². The molecule has 2 heterocycles. The second-order valence-electron chi connectivity index (χ2n) is 3.73. The third-order valence-corrected chi connectivity index (χ3v) is 3.16. The highest BCUT2D eigenvalue weighted by Crippen LogP contribution is 2.25. The fourth-order valence-electron chi connectivity index (χ4n) is 1.83. The number of nitrogens with zero attached hydrogens (tertiary/aromatic N) is 2. The summed E-state index contributed by atoms with van der Waals surface area (Å²) in [7, 11) is 0. The van der Waals surface area contributed by atoms with Crippen molar-refractivity contribution in [2.45, 2.75) is 0 Å². The highest BCUT2D eigenvalue weighted by molar-refractivity contribution is 9.10. The lowest BCUT2D eigenvalue weighted by molar-refractivity contribution is 0.447. The number of benzene rings is 1. The molecule has 17 heavy (non-hydrogen) atoms. The van der Waals surface area contributed by atoms with Gasteiger partial charge in [0.2, 0.25) is 0 Å². The summed E-state index contributed by atoms with van der Waals surface area (Å²) in [5, 5.41) is 9.87. The maximum atomic E-state index is 9.87. The van der Waals surface area contributed by atoms with E-state index >= 15 is 0 Å². The minimum Gasteiger partial charge on any atom is -0.494 e. The van der Waals surface area contributed by atoms with Gasteiger partial charge in [-0.15, -0.1) is 0 Å². The normalized spacial score (nSPS) is 10.9. The van der Waals surface area contributed by atoms with Gasteiger partial charge in [0.05, 0.1) is 11.7 Å². The summed E-state index contributed by atoms with van der Waals surface area (Å²) in [4.78, 5) is 4.34. The van der Waals surface area contributed by atoms with Crippen LogP contribution in [-0.2, 0) is 0 Å². The summed E-state index contributed by atoms with van der Waals surface area (Å²) < 4.78 is 2.75. The molecule has 1 aromatic carbocycles. The topological polar surface area (TPSA) is 37.5 Å². The van der Waals surface area contributed by atoms with Gasteiger partial charge in [0.1, 0.15) is 5.82 Å². The fourth-order valence-corrected chi connectivity index (χ4v) is 2.10. The maximum absolute atomic E-state index is 9.87.